The maximum atomic E-state index is 12.8. The van der Waals surface area contributed by atoms with E-state index in [-0.39, 0.29) is 41.7 Å². The Labute approximate surface area is 273 Å². The van der Waals surface area contributed by atoms with Crippen molar-refractivity contribution in [1.29, 1.82) is 0 Å². The van der Waals surface area contributed by atoms with Gasteiger partial charge in [-0.3, -0.25) is 4.99 Å². The summed E-state index contributed by atoms with van der Waals surface area (Å²) in [6.45, 7) is 5.01. The number of aliphatic imine (C=N–C) groups is 1. The second-order valence-electron chi connectivity index (χ2n) is 16.1. The molecule has 9 heteroatoms. The number of esters is 1. The Morgan fingerprint density at radius 3 is 2.63 bits per heavy atom. The van der Waals surface area contributed by atoms with Gasteiger partial charge in [-0.15, -0.1) is 0 Å². The number of ether oxygens (including phenoxy) is 3. The van der Waals surface area contributed by atoms with Crippen molar-refractivity contribution in [1.82, 2.24) is 0 Å². The monoisotopic (exact) mass is 641 g/mol. The van der Waals surface area contributed by atoms with Gasteiger partial charge in [0.05, 0.1) is 29.5 Å². The Morgan fingerprint density at radius 1 is 1.07 bits per heavy atom. The first-order chi connectivity index (χ1) is 22.0. The Bertz CT molecular complexity index is 1250. The van der Waals surface area contributed by atoms with Gasteiger partial charge in [0.15, 0.2) is 6.29 Å². The summed E-state index contributed by atoms with van der Waals surface area (Å²) in [4.78, 5) is 17.1. The van der Waals surface area contributed by atoms with E-state index in [1.165, 1.54) is 18.4 Å². The van der Waals surface area contributed by atoms with E-state index < -0.39 is 41.2 Å². The van der Waals surface area contributed by atoms with Crippen LogP contribution in [0, 0.1) is 28.6 Å². The Morgan fingerprint density at radius 2 is 1.89 bits per heavy atom. The molecule has 0 spiro atoms. The second kappa shape index (κ2) is 12.4. The van der Waals surface area contributed by atoms with Crippen molar-refractivity contribution in [2.45, 2.75) is 152 Å². The first-order valence-electron chi connectivity index (χ1n) is 18.2. The predicted octanol–water partition coefficient (Wildman–Crippen LogP) is 4.54. The number of aliphatic hydroxyl groups excluding tert-OH is 2. The molecule has 0 aromatic rings. The van der Waals surface area contributed by atoms with Gasteiger partial charge < -0.3 is 34.6 Å². The van der Waals surface area contributed by atoms with E-state index in [1.54, 1.807) is 13.0 Å². The van der Waals surface area contributed by atoms with Crippen LogP contribution >= 0.6 is 0 Å². The highest BCUT2D eigenvalue weighted by atomic mass is 16.7. The van der Waals surface area contributed by atoms with E-state index in [0.29, 0.717) is 38.8 Å². The Balaban J connectivity index is 1.15. The molecule has 1 saturated heterocycles. The van der Waals surface area contributed by atoms with Crippen molar-refractivity contribution in [3.63, 3.8) is 0 Å². The summed E-state index contributed by atoms with van der Waals surface area (Å²) in [6.07, 6.45) is 15.3. The molecule has 12 atom stereocenters. The molecule has 0 amide bonds. The quantitative estimate of drug-likeness (QED) is 0.138. The highest BCUT2D eigenvalue weighted by Gasteiger charge is 2.71. The third-order valence-corrected chi connectivity index (χ3v) is 13.9. The van der Waals surface area contributed by atoms with Gasteiger partial charge in [-0.05, 0) is 114 Å². The molecule has 0 aromatic carbocycles. The number of nitrogens with zero attached hydrogens (tertiary/aromatic N) is 1. The molecule has 256 valence electrons. The van der Waals surface area contributed by atoms with Gasteiger partial charge in [-0.25, -0.2) is 4.79 Å². The number of cyclic esters (lactones) is 1. The smallest absolute Gasteiger partial charge is 0.331 e. The average molecular weight is 642 g/mol. The molecule has 2 heterocycles. The van der Waals surface area contributed by atoms with E-state index >= 15 is 0 Å². The van der Waals surface area contributed by atoms with Gasteiger partial charge in [0.2, 0.25) is 0 Å². The first-order valence-corrected chi connectivity index (χ1v) is 18.2. The van der Waals surface area contributed by atoms with Crippen LogP contribution in [0.3, 0.4) is 0 Å². The number of rotatable bonds is 7. The van der Waals surface area contributed by atoms with Gasteiger partial charge in [0.1, 0.15) is 12.7 Å². The van der Waals surface area contributed by atoms with Crippen LogP contribution < -0.4 is 0 Å². The summed E-state index contributed by atoms with van der Waals surface area (Å²) >= 11 is 0. The summed E-state index contributed by atoms with van der Waals surface area (Å²) in [5.41, 5.74) is -0.341. The van der Waals surface area contributed by atoms with Crippen LogP contribution in [-0.2, 0) is 19.0 Å². The molecule has 0 radical (unpaired) electrons. The molecule has 4 N–H and O–H groups in total. The summed E-state index contributed by atoms with van der Waals surface area (Å²) in [5.74, 6) is -0.0448. The standard InChI is InChI=1S/C37H55NO8/c1-23-33(41)30(39)19-32(45-23)46-26-8-14-35(22-38-17-12-24-6-4-3-5-7-24)28-9-13-34(2)27(25-18-31(40)44-21-25)11-16-37(34,43)29(28)10-15-36(35,42)20-26/h6,18,22-23,26-30,32-33,39,41-43H,3-5,7-17,19-21H2,1-2H3. The van der Waals surface area contributed by atoms with Gasteiger partial charge in [-0.2, -0.15) is 0 Å². The van der Waals surface area contributed by atoms with Crippen molar-refractivity contribution in [3.05, 3.63) is 23.3 Å². The molecule has 0 bridgehead atoms. The number of fused-ring (bicyclic) bond motifs is 5. The number of hydrogen-bond donors (Lipinski definition) is 4. The van der Waals surface area contributed by atoms with Crippen LogP contribution in [-0.4, -0.2) is 87.7 Å². The predicted molar refractivity (Wildman–Crippen MR) is 172 cm³/mol. The minimum atomic E-state index is -1.04. The fourth-order valence-corrected chi connectivity index (χ4v) is 11.4. The fourth-order valence-electron chi connectivity index (χ4n) is 11.4. The summed E-state index contributed by atoms with van der Waals surface area (Å²) in [6, 6.07) is 0. The summed E-state index contributed by atoms with van der Waals surface area (Å²) < 4.78 is 17.6. The third-order valence-electron chi connectivity index (χ3n) is 13.9. The van der Waals surface area contributed by atoms with E-state index in [1.807, 2.05) is 0 Å². The second-order valence-corrected chi connectivity index (χ2v) is 16.1. The Kier molecular flexibility index (Phi) is 8.84. The normalized spacial score (nSPS) is 49.1. The molecule has 0 aromatic heterocycles. The number of carbonyl (C=O) groups excluding carboxylic acids is 1. The van der Waals surface area contributed by atoms with Gasteiger partial charge in [0.25, 0.3) is 0 Å². The molecule has 46 heavy (non-hydrogen) atoms. The van der Waals surface area contributed by atoms with E-state index in [9.17, 15) is 25.2 Å². The Hall–Kier alpha value is -1.62. The van der Waals surface area contributed by atoms with Crippen LogP contribution in [0.4, 0.5) is 0 Å². The van der Waals surface area contributed by atoms with Crippen LogP contribution in [0.1, 0.15) is 110 Å². The maximum absolute atomic E-state index is 12.8. The van der Waals surface area contributed by atoms with Gasteiger partial charge in [0, 0.05) is 42.5 Å². The van der Waals surface area contributed by atoms with Crippen molar-refractivity contribution in [2.75, 3.05) is 13.2 Å². The van der Waals surface area contributed by atoms with Crippen LogP contribution in [0.15, 0.2) is 28.3 Å². The van der Waals surface area contributed by atoms with Crippen molar-refractivity contribution in [3.8, 4) is 0 Å². The first kappa shape index (κ1) is 32.9. The zero-order chi connectivity index (χ0) is 32.3. The molecule has 7 aliphatic rings. The largest absolute Gasteiger partial charge is 0.458 e. The molecule has 2 aliphatic heterocycles. The third kappa shape index (κ3) is 5.36. The minimum Gasteiger partial charge on any atom is -0.458 e. The van der Waals surface area contributed by atoms with Crippen molar-refractivity contribution in [2.24, 2.45) is 33.6 Å². The zero-order valence-electron chi connectivity index (χ0n) is 27.7. The van der Waals surface area contributed by atoms with E-state index in [2.05, 4.69) is 19.2 Å². The zero-order valence-corrected chi connectivity index (χ0v) is 27.7. The fraction of sp³-hybridized carbons (Fsp3) is 0.838. The number of hydrogen-bond acceptors (Lipinski definition) is 9. The number of allylic oxidation sites excluding steroid dienone is 1. The lowest BCUT2D eigenvalue weighted by molar-refractivity contribution is -0.282. The molecule has 9 nitrogen and oxygen atoms in total. The highest BCUT2D eigenvalue weighted by molar-refractivity contribution is 5.85. The summed E-state index contributed by atoms with van der Waals surface area (Å²) in [7, 11) is 0. The maximum Gasteiger partial charge on any atom is 0.331 e. The van der Waals surface area contributed by atoms with Gasteiger partial charge in [-0.1, -0.05) is 18.6 Å². The lowest BCUT2D eigenvalue weighted by Gasteiger charge is -2.66. The molecule has 7 rings (SSSR count). The molecule has 12 unspecified atom stereocenters. The van der Waals surface area contributed by atoms with Crippen molar-refractivity contribution >= 4 is 12.2 Å². The minimum absolute atomic E-state index is 0.0271. The van der Waals surface area contributed by atoms with Crippen LogP contribution in [0.2, 0.25) is 0 Å². The molecule has 5 fully saturated rings. The van der Waals surface area contributed by atoms with Crippen LogP contribution in [0.5, 0.6) is 0 Å². The highest BCUT2D eigenvalue weighted by Crippen LogP contribution is 2.70. The van der Waals surface area contributed by atoms with Crippen LogP contribution in [0.25, 0.3) is 0 Å². The SMILES string of the molecule is CC1OC(OC2CCC3(C=NCCC4=CCCCC4)C4CCC5(C)C(C6=CC(=O)OC6)CCC5(O)C4CCC3(O)C2)CC(O)C1O. The van der Waals surface area contributed by atoms with E-state index in [4.69, 9.17) is 19.2 Å². The lowest BCUT2D eigenvalue weighted by Crippen LogP contribution is -2.69. The molecular formula is C37H55NO8. The summed E-state index contributed by atoms with van der Waals surface area (Å²) in [5, 5.41) is 46.0. The van der Waals surface area contributed by atoms with Crippen molar-refractivity contribution < 1.29 is 39.4 Å². The average Bonchev–Trinajstić information content (AvgIpc) is 3.58. The number of carbonyl (C=O) groups is 1. The molecule has 5 aliphatic carbocycles. The van der Waals surface area contributed by atoms with E-state index in [0.717, 1.165) is 56.9 Å². The lowest BCUT2D eigenvalue weighted by atomic mass is 9.41. The number of aliphatic hydroxyl groups is 4. The molecular weight excluding hydrogens is 586 g/mol. The topological polar surface area (TPSA) is 138 Å². The van der Waals surface area contributed by atoms with Gasteiger partial charge >= 0.3 is 5.97 Å². The molecule has 4 saturated carbocycles.